The number of amides is 1. The van der Waals surface area contributed by atoms with Crippen molar-refractivity contribution in [2.45, 2.75) is 26.7 Å². The molecular formula is C20H21N3O4S. The number of hydrogen-bond donors (Lipinski definition) is 2. The number of carbonyl (C=O) groups excluding carboxylic acids is 2. The van der Waals surface area contributed by atoms with E-state index in [1.54, 1.807) is 13.8 Å². The number of H-pyrrole nitrogens is 1. The molecule has 3 rings (SSSR count). The number of benzene rings is 1. The number of fused-ring (bicyclic) bond motifs is 1. The summed E-state index contributed by atoms with van der Waals surface area (Å²) < 4.78 is 5.11. The Morgan fingerprint density at radius 3 is 2.71 bits per heavy atom. The molecule has 7 nitrogen and oxygen atoms in total. The fraction of sp³-hybridized carbons (Fsp3) is 0.300. The number of thiophene rings is 1. The molecule has 0 bridgehead atoms. The van der Waals surface area contributed by atoms with Crippen LogP contribution in [-0.4, -0.2) is 35.0 Å². The second-order valence-electron chi connectivity index (χ2n) is 6.40. The van der Waals surface area contributed by atoms with E-state index < -0.39 is 5.97 Å². The Bertz CT molecular complexity index is 1060. The molecule has 146 valence electrons. The zero-order chi connectivity index (χ0) is 20.1. The lowest BCUT2D eigenvalue weighted by Crippen LogP contribution is -2.29. The van der Waals surface area contributed by atoms with Crippen LogP contribution in [0.3, 0.4) is 0 Å². The molecule has 2 heterocycles. The zero-order valence-corrected chi connectivity index (χ0v) is 16.5. The predicted molar refractivity (Wildman–Crippen MR) is 108 cm³/mol. The number of rotatable bonds is 7. The van der Waals surface area contributed by atoms with E-state index in [1.165, 1.54) is 5.56 Å². The lowest BCUT2D eigenvalue weighted by atomic mass is 10.1. The number of aromatic nitrogens is 2. The number of nitrogens with one attached hydrogen (secondary N) is 2. The highest BCUT2D eigenvalue weighted by atomic mass is 32.1. The molecule has 2 N–H and O–H groups in total. The largest absolute Gasteiger partial charge is 0.451 e. The van der Waals surface area contributed by atoms with Crippen molar-refractivity contribution < 1.29 is 14.3 Å². The van der Waals surface area contributed by atoms with Crippen LogP contribution < -0.4 is 10.9 Å². The second-order valence-corrected chi connectivity index (χ2v) is 7.40. The number of hydrogen-bond acceptors (Lipinski definition) is 6. The molecule has 0 aliphatic carbocycles. The summed E-state index contributed by atoms with van der Waals surface area (Å²) in [5, 5.41) is 3.12. The summed E-state index contributed by atoms with van der Waals surface area (Å²) in [4.78, 5) is 43.9. The molecule has 0 aliphatic rings. The van der Waals surface area contributed by atoms with Crippen LogP contribution in [0.1, 0.15) is 33.0 Å². The summed E-state index contributed by atoms with van der Waals surface area (Å²) in [7, 11) is 0. The van der Waals surface area contributed by atoms with Crippen LogP contribution in [0.15, 0.2) is 35.1 Å². The standard InChI is InChI=1S/C20H21N3O4S/c1-12-16-18(25)22-13(2)23-19(16)28-17(12)20(26)27-11-15(24)21-10-6-9-14-7-4-3-5-8-14/h3-5,7-8H,6,9-11H2,1-2H3,(H,21,24)(H,22,23,25). The fourth-order valence-electron chi connectivity index (χ4n) is 2.86. The SMILES string of the molecule is Cc1nc2sc(C(=O)OCC(=O)NCCCc3ccccc3)c(C)c2c(=O)[nH]1. The van der Waals surface area contributed by atoms with Crippen LogP contribution in [-0.2, 0) is 16.0 Å². The molecule has 0 spiro atoms. The van der Waals surface area contributed by atoms with Gasteiger partial charge < -0.3 is 15.0 Å². The molecule has 0 aliphatic heterocycles. The third kappa shape index (κ3) is 4.64. The lowest BCUT2D eigenvalue weighted by molar-refractivity contribution is -0.124. The van der Waals surface area contributed by atoms with Gasteiger partial charge in [-0.25, -0.2) is 9.78 Å². The van der Waals surface area contributed by atoms with Gasteiger partial charge in [-0.15, -0.1) is 11.3 Å². The summed E-state index contributed by atoms with van der Waals surface area (Å²) in [5.41, 5.74) is 1.44. The van der Waals surface area contributed by atoms with E-state index in [9.17, 15) is 14.4 Å². The van der Waals surface area contributed by atoms with Gasteiger partial charge in [-0.3, -0.25) is 9.59 Å². The first-order valence-corrected chi connectivity index (χ1v) is 9.75. The van der Waals surface area contributed by atoms with Crippen molar-refractivity contribution in [2.75, 3.05) is 13.2 Å². The zero-order valence-electron chi connectivity index (χ0n) is 15.7. The number of nitrogens with zero attached hydrogens (tertiary/aromatic N) is 1. The molecule has 0 atom stereocenters. The highest BCUT2D eigenvalue weighted by molar-refractivity contribution is 7.20. The maximum absolute atomic E-state index is 12.3. The number of esters is 1. The Morgan fingerprint density at radius 2 is 1.96 bits per heavy atom. The first kappa shape index (κ1) is 19.8. The first-order valence-electron chi connectivity index (χ1n) is 8.93. The number of aryl methyl sites for hydroxylation is 3. The Labute approximate surface area is 165 Å². The van der Waals surface area contributed by atoms with E-state index in [1.807, 2.05) is 30.3 Å². The highest BCUT2D eigenvalue weighted by Gasteiger charge is 2.20. The van der Waals surface area contributed by atoms with Gasteiger partial charge in [0.15, 0.2) is 6.61 Å². The molecule has 1 amide bonds. The Balaban J connectivity index is 1.50. The minimum absolute atomic E-state index is 0.286. The van der Waals surface area contributed by atoms with Crippen molar-refractivity contribution in [3.8, 4) is 0 Å². The van der Waals surface area contributed by atoms with Crippen molar-refractivity contribution in [3.05, 3.63) is 62.5 Å². The predicted octanol–water partition coefficient (Wildman–Crippen LogP) is 2.51. The van der Waals surface area contributed by atoms with Gasteiger partial charge >= 0.3 is 5.97 Å². The third-order valence-corrected chi connectivity index (χ3v) is 5.41. The van der Waals surface area contributed by atoms with Gasteiger partial charge in [0.2, 0.25) is 0 Å². The van der Waals surface area contributed by atoms with Gasteiger partial charge in [-0.05, 0) is 37.8 Å². The highest BCUT2D eigenvalue weighted by Crippen LogP contribution is 2.27. The average molecular weight is 399 g/mol. The Hall–Kier alpha value is -3.00. The van der Waals surface area contributed by atoms with E-state index >= 15 is 0 Å². The summed E-state index contributed by atoms with van der Waals surface area (Å²) in [5.74, 6) is -0.502. The second kappa shape index (κ2) is 8.79. The minimum Gasteiger partial charge on any atom is -0.451 e. The van der Waals surface area contributed by atoms with Crippen LogP contribution in [0, 0.1) is 13.8 Å². The van der Waals surface area contributed by atoms with E-state index in [2.05, 4.69) is 15.3 Å². The summed E-state index contributed by atoms with van der Waals surface area (Å²) in [6.45, 7) is 3.49. The molecule has 1 aromatic carbocycles. The molecule has 0 radical (unpaired) electrons. The molecular weight excluding hydrogens is 378 g/mol. The van der Waals surface area contributed by atoms with Crippen LogP contribution in [0.25, 0.3) is 10.2 Å². The summed E-state index contributed by atoms with van der Waals surface area (Å²) in [6.07, 6.45) is 1.66. The van der Waals surface area contributed by atoms with Gasteiger partial charge in [-0.1, -0.05) is 30.3 Å². The molecule has 8 heteroatoms. The smallest absolute Gasteiger partial charge is 0.349 e. The average Bonchev–Trinajstić information content (AvgIpc) is 3.00. The fourth-order valence-corrected chi connectivity index (χ4v) is 3.98. The van der Waals surface area contributed by atoms with Gasteiger partial charge in [0.25, 0.3) is 11.5 Å². The van der Waals surface area contributed by atoms with Gasteiger partial charge in [0.05, 0.1) is 5.39 Å². The van der Waals surface area contributed by atoms with Crippen molar-refractivity contribution in [2.24, 2.45) is 0 Å². The van der Waals surface area contributed by atoms with E-state index in [4.69, 9.17) is 4.74 Å². The number of ether oxygens (including phenoxy) is 1. The molecule has 28 heavy (non-hydrogen) atoms. The van der Waals surface area contributed by atoms with Gasteiger partial charge in [0.1, 0.15) is 15.5 Å². The van der Waals surface area contributed by atoms with Gasteiger partial charge in [0, 0.05) is 6.54 Å². The Kier molecular flexibility index (Phi) is 6.20. The quantitative estimate of drug-likeness (QED) is 0.470. The lowest BCUT2D eigenvalue weighted by Gasteiger charge is -2.06. The van der Waals surface area contributed by atoms with Crippen LogP contribution in [0.2, 0.25) is 0 Å². The first-order chi connectivity index (χ1) is 13.5. The van der Waals surface area contributed by atoms with Crippen LogP contribution in [0.5, 0.6) is 0 Å². The molecule has 3 aromatic rings. The molecule has 2 aromatic heterocycles. The number of aromatic amines is 1. The topological polar surface area (TPSA) is 101 Å². The van der Waals surface area contributed by atoms with Crippen molar-refractivity contribution in [3.63, 3.8) is 0 Å². The van der Waals surface area contributed by atoms with Crippen molar-refractivity contribution >= 4 is 33.4 Å². The van der Waals surface area contributed by atoms with Crippen molar-refractivity contribution in [1.82, 2.24) is 15.3 Å². The third-order valence-electron chi connectivity index (χ3n) is 4.25. The summed E-state index contributed by atoms with van der Waals surface area (Å²) >= 11 is 1.09. The minimum atomic E-state index is -0.628. The van der Waals surface area contributed by atoms with Crippen molar-refractivity contribution in [1.29, 1.82) is 0 Å². The normalized spacial score (nSPS) is 10.8. The summed E-state index contributed by atoms with van der Waals surface area (Å²) in [6, 6.07) is 10.0. The molecule has 0 saturated carbocycles. The molecule has 0 unspecified atom stereocenters. The molecule has 0 saturated heterocycles. The molecule has 0 fully saturated rings. The van der Waals surface area contributed by atoms with E-state index in [0.717, 1.165) is 24.2 Å². The van der Waals surface area contributed by atoms with Crippen LogP contribution in [0.4, 0.5) is 0 Å². The van der Waals surface area contributed by atoms with Crippen LogP contribution >= 0.6 is 11.3 Å². The van der Waals surface area contributed by atoms with E-state index in [0.29, 0.717) is 28.1 Å². The number of carbonyl (C=O) groups is 2. The monoisotopic (exact) mass is 399 g/mol. The van der Waals surface area contributed by atoms with E-state index in [-0.39, 0.29) is 23.0 Å². The maximum Gasteiger partial charge on any atom is 0.349 e. The maximum atomic E-state index is 12.3. The Morgan fingerprint density at radius 1 is 1.21 bits per heavy atom. The van der Waals surface area contributed by atoms with Gasteiger partial charge in [-0.2, -0.15) is 0 Å².